The van der Waals surface area contributed by atoms with E-state index in [1.165, 1.54) is 36.8 Å². The maximum atomic E-state index is 14.2. The molecule has 0 aliphatic carbocycles. The molecule has 9 nitrogen and oxygen atoms in total. The molecule has 2 amide bonds. The van der Waals surface area contributed by atoms with E-state index in [1.54, 1.807) is 57.3 Å². The third kappa shape index (κ3) is 7.18. The fourth-order valence-electron chi connectivity index (χ4n) is 4.04. The number of nitrogens with zero attached hydrogens (tertiary/aromatic N) is 1. The van der Waals surface area contributed by atoms with E-state index < -0.39 is 47.4 Å². The number of fused-ring (bicyclic) bond motifs is 1. The Hall–Kier alpha value is -4.21. The van der Waals surface area contributed by atoms with Crippen LogP contribution in [0.2, 0.25) is 0 Å². The molecule has 0 fully saturated rings. The van der Waals surface area contributed by atoms with Crippen molar-refractivity contribution in [3.8, 4) is 0 Å². The van der Waals surface area contributed by atoms with Gasteiger partial charge in [-0.15, -0.1) is 0 Å². The summed E-state index contributed by atoms with van der Waals surface area (Å²) in [6.45, 7) is 6.51. The second kappa shape index (κ2) is 11.9. The molecule has 10 heteroatoms. The highest BCUT2D eigenvalue weighted by molar-refractivity contribution is 5.94. The van der Waals surface area contributed by atoms with Crippen molar-refractivity contribution in [2.45, 2.75) is 58.2 Å². The minimum atomic E-state index is -1.15. The SMILES string of the molecule is COC(=O)[C@@H](Cc1cn(C(=O)OC(C)(C)C)c2ccccc12)NC(=O)[C@H](Cc1ccccc1F)NC(C)=O. The number of amides is 2. The second-order valence-corrected chi connectivity index (χ2v) is 9.86. The lowest BCUT2D eigenvalue weighted by molar-refractivity contribution is -0.145. The van der Waals surface area contributed by atoms with Gasteiger partial charge in [0, 0.05) is 31.3 Å². The van der Waals surface area contributed by atoms with Gasteiger partial charge in [-0.2, -0.15) is 0 Å². The van der Waals surface area contributed by atoms with Crippen LogP contribution in [0.4, 0.5) is 9.18 Å². The maximum Gasteiger partial charge on any atom is 0.419 e. The average molecular weight is 526 g/mol. The molecule has 2 atom stereocenters. The topological polar surface area (TPSA) is 116 Å². The quantitative estimate of drug-likeness (QED) is 0.435. The summed E-state index contributed by atoms with van der Waals surface area (Å²) in [5.41, 5.74) is 0.674. The van der Waals surface area contributed by atoms with Gasteiger partial charge in [-0.3, -0.25) is 14.2 Å². The van der Waals surface area contributed by atoms with Crippen LogP contribution < -0.4 is 10.6 Å². The van der Waals surface area contributed by atoms with Crippen LogP contribution in [0.25, 0.3) is 10.9 Å². The Labute approximate surface area is 220 Å². The van der Waals surface area contributed by atoms with E-state index in [4.69, 9.17) is 9.47 Å². The van der Waals surface area contributed by atoms with Crippen molar-refractivity contribution < 1.29 is 33.0 Å². The minimum absolute atomic E-state index is 0.0127. The first-order chi connectivity index (χ1) is 17.9. The molecule has 3 rings (SSSR count). The molecule has 1 aromatic heterocycles. The van der Waals surface area contributed by atoms with Gasteiger partial charge in [-0.05, 0) is 44.0 Å². The molecule has 0 aliphatic rings. The molecule has 202 valence electrons. The summed E-state index contributed by atoms with van der Waals surface area (Å²) in [6.07, 6.45) is 0.839. The van der Waals surface area contributed by atoms with Gasteiger partial charge < -0.3 is 20.1 Å². The first-order valence-electron chi connectivity index (χ1n) is 12.1. The van der Waals surface area contributed by atoms with E-state index in [1.807, 2.05) is 0 Å². The fraction of sp³-hybridized carbons (Fsp3) is 0.357. The van der Waals surface area contributed by atoms with Crippen molar-refractivity contribution in [2.24, 2.45) is 0 Å². The standard InChI is InChI=1S/C28H32FN3O6/c1-17(33)30-22(14-18-10-6-8-12-21(18)29)25(34)31-23(26(35)37-5)15-19-16-32(27(36)38-28(2,3)4)24-13-9-7-11-20(19)24/h6-13,16,22-23H,14-15H2,1-5H3,(H,30,33)(H,31,34)/t22-,23+/m0/s1. The van der Waals surface area contributed by atoms with E-state index in [-0.39, 0.29) is 18.4 Å². The Morgan fingerprint density at radius 2 is 1.55 bits per heavy atom. The van der Waals surface area contributed by atoms with Crippen molar-refractivity contribution in [3.05, 3.63) is 71.7 Å². The molecule has 0 bridgehead atoms. The molecule has 1 heterocycles. The summed E-state index contributed by atoms with van der Waals surface area (Å²) in [7, 11) is 1.19. The molecule has 0 saturated carbocycles. The molecule has 38 heavy (non-hydrogen) atoms. The summed E-state index contributed by atoms with van der Waals surface area (Å²) in [5.74, 6) is -2.42. The van der Waals surface area contributed by atoms with E-state index in [0.29, 0.717) is 16.5 Å². The Bertz CT molecular complexity index is 1340. The third-order valence-electron chi connectivity index (χ3n) is 5.69. The van der Waals surface area contributed by atoms with E-state index in [2.05, 4.69) is 10.6 Å². The number of ether oxygens (including phenoxy) is 2. The molecular formula is C28H32FN3O6. The Balaban J connectivity index is 1.90. The third-order valence-corrected chi connectivity index (χ3v) is 5.69. The van der Waals surface area contributed by atoms with Crippen LogP contribution in [0.5, 0.6) is 0 Å². The number of carbonyl (C=O) groups excluding carboxylic acids is 4. The predicted octanol–water partition coefficient (Wildman–Crippen LogP) is 3.51. The molecule has 2 aromatic carbocycles. The van der Waals surface area contributed by atoms with Gasteiger partial charge >= 0.3 is 12.1 Å². The lowest BCUT2D eigenvalue weighted by atomic mass is 10.0. The number of carbonyl (C=O) groups is 4. The number of nitrogens with one attached hydrogen (secondary N) is 2. The highest BCUT2D eigenvalue weighted by Crippen LogP contribution is 2.24. The summed E-state index contributed by atoms with van der Waals surface area (Å²) >= 11 is 0. The van der Waals surface area contributed by atoms with Gasteiger partial charge in [0.1, 0.15) is 23.5 Å². The number of esters is 1. The zero-order valence-corrected chi connectivity index (χ0v) is 22.0. The van der Waals surface area contributed by atoms with Crippen LogP contribution in [0.15, 0.2) is 54.7 Å². The molecule has 3 aromatic rings. The normalized spacial score (nSPS) is 12.9. The number of benzene rings is 2. The van der Waals surface area contributed by atoms with Crippen molar-refractivity contribution in [3.63, 3.8) is 0 Å². The summed E-state index contributed by atoms with van der Waals surface area (Å²) in [5, 5.41) is 5.83. The zero-order valence-electron chi connectivity index (χ0n) is 22.0. The van der Waals surface area contributed by atoms with E-state index in [0.717, 1.165) is 0 Å². The maximum absolute atomic E-state index is 14.2. The van der Waals surface area contributed by atoms with Crippen LogP contribution >= 0.6 is 0 Å². The lowest BCUT2D eigenvalue weighted by Crippen LogP contribution is -2.53. The monoisotopic (exact) mass is 525 g/mol. The number of para-hydroxylation sites is 1. The Kier molecular flexibility index (Phi) is 8.88. The number of hydrogen-bond acceptors (Lipinski definition) is 6. The average Bonchev–Trinajstić information content (AvgIpc) is 3.21. The molecule has 0 spiro atoms. The zero-order chi connectivity index (χ0) is 28.0. The van der Waals surface area contributed by atoms with Crippen molar-refractivity contribution >= 4 is 34.8 Å². The summed E-state index contributed by atoms with van der Waals surface area (Å²) < 4.78 is 26.0. The first-order valence-corrected chi connectivity index (χ1v) is 12.1. The highest BCUT2D eigenvalue weighted by atomic mass is 19.1. The number of rotatable bonds is 8. The van der Waals surface area contributed by atoms with Crippen LogP contribution in [0, 0.1) is 5.82 Å². The molecule has 0 unspecified atom stereocenters. The van der Waals surface area contributed by atoms with Crippen LogP contribution in [0.1, 0.15) is 38.8 Å². The minimum Gasteiger partial charge on any atom is -0.467 e. The fourth-order valence-corrected chi connectivity index (χ4v) is 4.04. The molecule has 0 aliphatic heterocycles. The second-order valence-electron chi connectivity index (χ2n) is 9.86. The highest BCUT2D eigenvalue weighted by Gasteiger charge is 2.29. The molecular weight excluding hydrogens is 493 g/mol. The number of halogens is 1. The smallest absolute Gasteiger partial charge is 0.419 e. The number of hydrogen-bond donors (Lipinski definition) is 2. The predicted molar refractivity (Wildman–Crippen MR) is 139 cm³/mol. The first kappa shape index (κ1) is 28.4. The molecule has 0 radical (unpaired) electrons. The Morgan fingerprint density at radius 1 is 0.921 bits per heavy atom. The number of aromatic nitrogens is 1. The van der Waals surface area contributed by atoms with Gasteiger partial charge in [0.2, 0.25) is 11.8 Å². The van der Waals surface area contributed by atoms with Gasteiger partial charge in [0.05, 0.1) is 12.6 Å². The van der Waals surface area contributed by atoms with Crippen LogP contribution in [-0.2, 0) is 36.7 Å². The van der Waals surface area contributed by atoms with Crippen LogP contribution in [0.3, 0.4) is 0 Å². The van der Waals surface area contributed by atoms with E-state index in [9.17, 15) is 23.6 Å². The largest absolute Gasteiger partial charge is 0.467 e. The van der Waals surface area contributed by atoms with Crippen LogP contribution in [-0.4, -0.2) is 53.2 Å². The van der Waals surface area contributed by atoms with Gasteiger partial charge in [0.25, 0.3) is 0 Å². The Morgan fingerprint density at radius 3 is 2.18 bits per heavy atom. The molecule has 2 N–H and O–H groups in total. The van der Waals surface area contributed by atoms with Gasteiger partial charge in [-0.1, -0.05) is 36.4 Å². The lowest BCUT2D eigenvalue weighted by Gasteiger charge is -2.22. The van der Waals surface area contributed by atoms with E-state index >= 15 is 0 Å². The van der Waals surface area contributed by atoms with Crippen molar-refractivity contribution in [1.29, 1.82) is 0 Å². The molecule has 0 saturated heterocycles. The summed E-state index contributed by atoms with van der Waals surface area (Å²) in [4.78, 5) is 50.5. The number of methoxy groups -OCH3 is 1. The van der Waals surface area contributed by atoms with Gasteiger partial charge in [-0.25, -0.2) is 14.0 Å². The van der Waals surface area contributed by atoms with Crippen molar-refractivity contribution in [1.82, 2.24) is 15.2 Å². The summed E-state index contributed by atoms with van der Waals surface area (Å²) in [6, 6.07) is 10.7. The van der Waals surface area contributed by atoms with Gasteiger partial charge in [0.15, 0.2) is 0 Å². The van der Waals surface area contributed by atoms with Crippen molar-refractivity contribution in [2.75, 3.05) is 7.11 Å².